The van der Waals surface area contributed by atoms with Crippen LogP contribution >= 0.6 is 0 Å². The average molecular weight is 803 g/mol. The van der Waals surface area contributed by atoms with Gasteiger partial charge < -0.3 is 44.8 Å². The van der Waals surface area contributed by atoms with Gasteiger partial charge in [0, 0.05) is 12.1 Å². The predicted octanol–water partition coefficient (Wildman–Crippen LogP) is 7.59. The Hall–Kier alpha value is -6.42. The molecule has 13 nitrogen and oxygen atoms in total. The van der Waals surface area contributed by atoms with Crippen molar-refractivity contribution in [3.63, 3.8) is 0 Å². The van der Waals surface area contributed by atoms with Gasteiger partial charge >= 0.3 is 12.2 Å². The molecule has 0 heterocycles. The molecule has 59 heavy (non-hydrogen) atoms. The molecule has 0 unspecified atom stereocenters. The average Bonchev–Trinajstić information content (AvgIpc) is 3.19. The van der Waals surface area contributed by atoms with Gasteiger partial charge in [-0.1, -0.05) is 72.8 Å². The van der Waals surface area contributed by atoms with Crippen LogP contribution in [0.2, 0.25) is 0 Å². The molecule has 2 spiro atoms. The van der Waals surface area contributed by atoms with Gasteiger partial charge in [0.15, 0.2) is 23.0 Å². The van der Waals surface area contributed by atoms with Gasteiger partial charge in [-0.25, -0.2) is 9.59 Å². The molecule has 4 aliphatic carbocycles. The molecule has 0 saturated heterocycles. The number of nitriles is 1. The van der Waals surface area contributed by atoms with Crippen LogP contribution < -0.4 is 35.3 Å². The minimum Gasteiger partial charge on any atom is -0.493 e. The maximum Gasteiger partial charge on any atom is 0.407 e. The lowest BCUT2D eigenvalue weighted by atomic mass is 9.53. The number of nitrogens with zero attached hydrogens (tertiary/aromatic N) is 1. The lowest BCUT2D eigenvalue weighted by Gasteiger charge is -2.57. The number of ether oxygens (including phenoxy) is 6. The fraction of sp³-hybridized carbons (Fsp3) is 0.391. The predicted molar refractivity (Wildman–Crippen MR) is 217 cm³/mol. The third-order valence-corrected chi connectivity index (χ3v) is 11.8. The number of primary amides is 1. The van der Waals surface area contributed by atoms with Crippen LogP contribution in [0, 0.1) is 22.2 Å². The molecule has 13 heteroatoms. The zero-order valence-corrected chi connectivity index (χ0v) is 33.3. The van der Waals surface area contributed by atoms with Crippen molar-refractivity contribution in [2.45, 2.75) is 88.9 Å². The van der Waals surface area contributed by atoms with E-state index in [1.165, 1.54) is 7.11 Å². The van der Waals surface area contributed by atoms with Gasteiger partial charge in [0.05, 0.1) is 25.3 Å². The number of amides is 3. The van der Waals surface area contributed by atoms with Crippen molar-refractivity contribution < 1.29 is 42.8 Å². The molecule has 0 aliphatic heterocycles. The summed E-state index contributed by atoms with van der Waals surface area (Å²) in [7, 11) is 3.11. The van der Waals surface area contributed by atoms with Gasteiger partial charge in [0.2, 0.25) is 0 Å². The SMILES string of the molecule is COc1cccc(C#N)c1OC1CC2(CC(NC(=O)OCc3ccccc3)C2)C1.COc1cccc(C(N)=O)c1OC1CC2(CC(NC(=O)OCc3ccccc3)C2)C1. The quantitative estimate of drug-likeness (QED) is 0.122. The van der Waals surface area contributed by atoms with Crippen LogP contribution in [0.15, 0.2) is 97.1 Å². The molecule has 0 atom stereocenters. The Morgan fingerprint density at radius 3 is 1.51 bits per heavy atom. The Labute approximate surface area is 344 Å². The second kappa shape index (κ2) is 18.0. The monoisotopic (exact) mass is 802 g/mol. The summed E-state index contributed by atoms with van der Waals surface area (Å²) in [4.78, 5) is 35.7. The van der Waals surface area contributed by atoms with Gasteiger partial charge in [0.25, 0.3) is 5.91 Å². The summed E-state index contributed by atoms with van der Waals surface area (Å²) in [5.74, 6) is 1.47. The molecule has 0 aromatic heterocycles. The van der Waals surface area contributed by atoms with Crippen LogP contribution in [0.1, 0.15) is 78.4 Å². The summed E-state index contributed by atoms with van der Waals surface area (Å²) in [5.41, 5.74) is 8.63. The summed E-state index contributed by atoms with van der Waals surface area (Å²) >= 11 is 0. The first-order chi connectivity index (χ1) is 28.6. The van der Waals surface area contributed by atoms with Gasteiger partial charge in [-0.05, 0) is 97.6 Å². The minimum absolute atomic E-state index is 0.00498. The largest absolute Gasteiger partial charge is 0.493 e. The second-order valence-electron chi connectivity index (χ2n) is 16.1. The Balaban J connectivity index is 0.000000179. The van der Waals surface area contributed by atoms with Crippen molar-refractivity contribution in [2.24, 2.45) is 16.6 Å². The third kappa shape index (κ3) is 9.83. The van der Waals surface area contributed by atoms with Gasteiger partial charge in [-0.15, -0.1) is 0 Å². The van der Waals surface area contributed by atoms with E-state index in [1.54, 1.807) is 43.5 Å². The summed E-state index contributed by atoms with van der Waals surface area (Å²) in [6, 6.07) is 32.1. The molecular formula is C46H50N4O9. The number of hydrogen-bond acceptors (Lipinski definition) is 10. The highest BCUT2D eigenvalue weighted by Gasteiger charge is 2.55. The van der Waals surface area contributed by atoms with Crippen LogP contribution in [-0.4, -0.2) is 56.6 Å². The molecule has 4 aromatic carbocycles. The topological polar surface area (TPSA) is 180 Å². The van der Waals surface area contributed by atoms with Crippen molar-refractivity contribution in [3.8, 4) is 29.1 Å². The minimum atomic E-state index is -0.542. The molecular weight excluding hydrogens is 753 g/mol. The number of para-hydroxylation sites is 2. The van der Waals surface area contributed by atoms with Crippen molar-refractivity contribution in [1.29, 1.82) is 5.26 Å². The van der Waals surface area contributed by atoms with Crippen molar-refractivity contribution in [2.75, 3.05) is 14.2 Å². The fourth-order valence-corrected chi connectivity index (χ4v) is 8.90. The molecule has 4 saturated carbocycles. The lowest BCUT2D eigenvalue weighted by molar-refractivity contribution is -0.0853. The summed E-state index contributed by atoms with van der Waals surface area (Å²) in [6.07, 6.45) is 6.61. The Bertz CT molecular complexity index is 2130. The van der Waals surface area contributed by atoms with Crippen LogP contribution in [-0.2, 0) is 22.7 Å². The first-order valence-corrected chi connectivity index (χ1v) is 19.9. The fourth-order valence-electron chi connectivity index (χ4n) is 8.90. The molecule has 3 amide bonds. The lowest BCUT2D eigenvalue weighted by Crippen LogP contribution is -2.58. The third-order valence-electron chi connectivity index (χ3n) is 11.8. The Morgan fingerprint density at radius 1 is 0.627 bits per heavy atom. The molecule has 8 rings (SSSR count). The molecule has 4 fully saturated rings. The molecule has 4 aliphatic rings. The van der Waals surface area contributed by atoms with Gasteiger partial charge in [0.1, 0.15) is 31.5 Å². The van der Waals surface area contributed by atoms with E-state index in [2.05, 4.69) is 16.7 Å². The van der Waals surface area contributed by atoms with Crippen molar-refractivity contribution in [1.82, 2.24) is 10.6 Å². The smallest absolute Gasteiger partial charge is 0.407 e. The number of hydrogen-bond donors (Lipinski definition) is 3. The van der Waals surface area contributed by atoms with E-state index in [4.69, 9.17) is 34.2 Å². The summed E-state index contributed by atoms with van der Waals surface area (Å²) in [5, 5.41) is 15.2. The molecule has 0 radical (unpaired) electrons. The second-order valence-corrected chi connectivity index (χ2v) is 16.1. The highest BCUT2D eigenvalue weighted by molar-refractivity contribution is 5.96. The van der Waals surface area contributed by atoms with Crippen molar-refractivity contribution in [3.05, 3.63) is 119 Å². The van der Waals surface area contributed by atoms with E-state index in [0.29, 0.717) is 34.1 Å². The number of carbonyl (C=O) groups excluding carboxylic acids is 3. The van der Waals surface area contributed by atoms with Gasteiger partial charge in [-0.3, -0.25) is 4.79 Å². The number of nitrogens with one attached hydrogen (secondary N) is 2. The van der Waals surface area contributed by atoms with Crippen LogP contribution in [0.5, 0.6) is 23.0 Å². The van der Waals surface area contributed by atoms with Crippen LogP contribution in [0.3, 0.4) is 0 Å². The number of carbonyl (C=O) groups is 3. The first kappa shape index (κ1) is 40.8. The number of benzene rings is 4. The number of rotatable bonds is 13. The van der Waals surface area contributed by atoms with Gasteiger partial charge in [-0.2, -0.15) is 5.26 Å². The Morgan fingerprint density at radius 2 is 1.07 bits per heavy atom. The normalized spacial score (nSPS) is 24.4. The zero-order chi connectivity index (χ0) is 41.4. The van der Waals surface area contributed by atoms with Crippen LogP contribution in [0.25, 0.3) is 0 Å². The number of methoxy groups -OCH3 is 2. The van der Waals surface area contributed by atoms with E-state index in [-0.39, 0.29) is 60.5 Å². The summed E-state index contributed by atoms with van der Waals surface area (Å²) < 4.78 is 33.3. The Kier molecular flexibility index (Phi) is 12.4. The molecule has 4 aromatic rings. The van der Waals surface area contributed by atoms with E-state index in [9.17, 15) is 19.6 Å². The van der Waals surface area contributed by atoms with E-state index < -0.39 is 5.91 Å². The zero-order valence-electron chi connectivity index (χ0n) is 33.3. The standard InChI is InChI=1S/C23H26N2O5.C23H24N2O4/c1-28-19-9-5-8-18(21(24)26)20(19)30-17-12-23(13-17)10-16(11-23)25-22(27)29-14-15-6-3-2-4-7-15;1-27-20-9-5-8-17(14-24)21(20)29-19-12-23(13-19)10-18(11-23)25-22(26)28-15-16-6-3-2-4-7-16/h2-9,16-17H,10-14H2,1H3,(H2,24,26)(H,25,27);2-9,18-19H,10-13,15H2,1H3,(H,25,26). The summed E-state index contributed by atoms with van der Waals surface area (Å²) in [6.45, 7) is 0.544. The first-order valence-electron chi connectivity index (χ1n) is 19.9. The highest BCUT2D eigenvalue weighted by atomic mass is 16.6. The van der Waals surface area contributed by atoms with Crippen molar-refractivity contribution >= 4 is 18.1 Å². The van der Waals surface area contributed by atoms with Crippen LogP contribution in [0.4, 0.5) is 9.59 Å². The molecule has 0 bridgehead atoms. The molecule has 4 N–H and O–H groups in total. The number of nitrogens with two attached hydrogens (primary N) is 1. The maximum absolute atomic E-state index is 12.0. The maximum atomic E-state index is 12.0. The number of alkyl carbamates (subject to hydrolysis) is 2. The molecule has 308 valence electrons. The van der Waals surface area contributed by atoms with E-state index in [1.807, 2.05) is 60.7 Å². The van der Waals surface area contributed by atoms with E-state index in [0.717, 1.165) is 62.5 Å². The highest BCUT2D eigenvalue weighted by Crippen LogP contribution is 2.58. The van der Waals surface area contributed by atoms with E-state index >= 15 is 0 Å².